The van der Waals surface area contributed by atoms with E-state index in [0.717, 1.165) is 21.8 Å². The van der Waals surface area contributed by atoms with Crippen LogP contribution in [0.1, 0.15) is 0 Å². The molecule has 0 fully saturated rings. The van der Waals surface area contributed by atoms with E-state index in [9.17, 15) is 5.11 Å². The molecule has 4 nitrogen and oxygen atoms in total. The highest BCUT2D eigenvalue weighted by molar-refractivity contribution is 6.18. The first-order valence-electron chi connectivity index (χ1n) is 5.74. The van der Waals surface area contributed by atoms with Crippen molar-refractivity contribution in [3.8, 4) is 0 Å². The molecule has 0 bridgehead atoms. The molecule has 5 heteroatoms. The standard InChI is InChI=1S/C13H12ClN3O/c14-7-10(18)8-17-15-12-6-5-9-3-1-2-4-11(9)13(12)16-17/h1-6,10,18H,7-8H2. The second-order valence-corrected chi connectivity index (χ2v) is 4.53. The Bertz CT molecular complexity index is 695. The maximum absolute atomic E-state index is 9.52. The van der Waals surface area contributed by atoms with Crippen molar-refractivity contribution in [2.75, 3.05) is 5.88 Å². The van der Waals surface area contributed by atoms with Gasteiger partial charge in [0, 0.05) is 5.39 Å². The van der Waals surface area contributed by atoms with Crippen molar-refractivity contribution in [1.82, 2.24) is 15.0 Å². The summed E-state index contributed by atoms with van der Waals surface area (Å²) in [5.74, 6) is 0.179. The molecule has 3 aromatic rings. The molecule has 2 aromatic carbocycles. The highest BCUT2D eigenvalue weighted by atomic mass is 35.5. The molecule has 1 atom stereocenters. The van der Waals surface area contributed by atoms with Crippen LogP contribution in [0.4, 0.5) is 0 Å². The topological polar surface area (TPSA) is 50.9 Å². The number of aliphatic hydroxyl groups is 1. The lowest BCUT2D eigenvalue weighted by Crippen LogP contribution is -2.19. The van der Waals surface area contributed by atoms with Gasteiger partial charge in [0.05, 0.1) is 18.5 Å². The highest BCUT2D eigenvalue weighted by Crippen LogP contribution is 2.22. The van der Waals surface area contributed by atoms with E-state index in [4.69, 9.17) is 11.6 Å². The third-order valence-electron chi connectivity index (χ3n) is 2.87. The minimum absolute atomic E-state index is 0.179. The summed E-state index contributed by atoms with van der Waals surface area (Å²) in [6.45, 7) is 0.312. The summed E-state index contributed by atoms with van der Waals surface area (Å²) in [5, 5.41) is 20.5. The Labute approximate surface area is 109 Å². The zero-order chi connectivity index (χ0) is 12.5. The molecule has 1 N–H and O–H groups in total. The zero-order valence-electron chi connectivity index (χ0n) is 9.62. The van der Waals surface area contributed by atoms with Crippen LogP contribution in [0.2, 0.25) is 0 Å². The normalized spacial score (nSPS) is 13.2. The molecular formula is C13H12ClN3O. The van der Waals surface area contributed by atoms with Gasteiger partial charge in [-0.3, -0.25) is 0 Å². The molecule has 0 radical (unpaired) electrons. The van der Waals surface area contributed by atoms with Crippen LogP contribution < -0.4 is 0 Å². The van der Waals surface area contributed by atoms with E-state index in [1.165, 1.54) is 4.80 Å². The first-order chi connectivity index (χ1) is 8.78. The number of alkyl halides is 1. The minimum Gasteiger partial charge on any atom is -0.390 e. The SMILES string of the molecule is OC(CCl)Cn1nc2ccc3ccccc3c2n1. The van der Waals surface area contributed by atoms with Gasteiger partial charge in [0.25, 0.3) is 0 Å². The molecule has 0 aliphatic heterocycles. The minimum atomic E-state index is -0.625. The Hall–Kier alpha value is -1.65. The van der Waals surface area contributed by atoms with E-state index >= 15 is 0 Å². The molecule has 0 aliphatic rings. The summed E-state index contributed by atoms with van der Waals surface area (Å²) in [6, 6.07) is 12.0. The van der Waals surface area contributed by atoms with Gasteiger partial charge in [0.2, 0.25) is 0 Å². The molecule has 0 amide bonds. The van der Waals surface area contributed by atoms with Crippen molar-refractivity contribution in [3.63, 3.8) is 0 Å². The molecule has 0 spiro atoms. The van der Waals surface area contributed by atoms with Gasteiger partial charge < -0.3 is 5.11 Å². The lowest BCUT2D eigenvalue weighted by atomic mass is 10.1. The number of aliphatic hydroxyl groups excluding tert-OH is 1. The van der Waals surface area contributed by atoms with Crippen molar-refractivity contribution in [2.24, 2.45) is 0 Å². The molecule has 18 heavy (non-hydrogen) atoms. The summed E-state index contributed by atoms with van der Waals surface area (Å²) in [4.78, 5) is 1.50. The van der Waals surface area contributed by atoms with E-state index in [-0.39, 0.29) is 5.88 Å². The lowest BCUT2D eigenvalue weighted by Gasteiger charge is -2.03. The summed E-state index contributed by atoms with van der Waals surface area (Å²) in [5.41, 5.74) is 1.69. The Morgan fingerprint density at radius 1 is 1.17 bits per heavy atom. The summed E-state index contributed by atoms with van der Waals surface area (Å²) >= 11 is 5.58. The second-order valence-electron chi connectivity index (χ2n) is 4.22. The fourth-order valence-electron chi connectivity index (χ4n) is 2.01. The van der Waals surface area contributed by atoms with Crippen molar-refractivity contribution < 1.29 is 5.11 Å². The van der Waals surface area contributed by atoms with Gasteiger partial charge in [-0.2, -0.15) is 15.0 Å². The first-order valence-corrected chi connectivity index (χ1v) is 6.28. The Morgan fingerprint density at radius 2 is 2.00 bits per heavy atom. The molecule has 0 saturated carbocycles. The van der Waals surface area contributed by atoms with Gasteiger partial charge >= 0.3 is 0 Å². The maximum atomic E-state index is 9.52. The second kappa shape index (κ2) is 4.55. The fourth-order valence-corrected chi connectivity index (χ4v) is 2.11. The highest BCUT2D eigenvalue weighted by Gasteiger charge is 2.09. The Morgan fingerprint density at radius 3 is 2.83 bits per heavy atom. The number of benzene rings is 2. The van der Waals surface area contributed by atoms with Gasteiger partial charge in [0.15, 0.2) is 0 Å². The summed E-state index contributed by atoms with van der Waals surface area (Å²) in [6.07, 6.45) is -0.625. The number of rotatable bonds is 3. The molecule has 1 aromatic heterocycles. The number of hydrogen-bond acceptors (Lipinski definition) is 3. The van der Waals surface area contributed by atoms with Crippen LogP contribution in [0, 0.1) is 0 Å². The van der Waals surface area contributed by atoms with E-state index < -0.39 is 6.10 Å². The number of halogens is 1. The molecule has 92 valence electrons. The Balaban J connectivity index is 2.13. The quantitative estimate of drug-likeness (QED) is 0.736. The van der Waals surface area contributed by atoms with E-state index in [0.29, 0.717) is 6.54 Å². The molecule has 0 aliphatic carbocycles. The molecule has 0 saturated heterocycles. The predicted octanol–water partition coefficient (Wildman–Crippen LogP) is 2.18. The third-order valence-corrected chi connectivity index (χ3v) is 3.23. The van der Waals surface area contributed by atoms with Crippen LogP contribution >= 0.6 is 11.6 Å². The fraction of sp³-hybridized carbons (Fsp3) is 0.231. The average Bonchev–Trinajstić information content (AvgIpc) is 2.81. The summed E-state index contributed by atoms with van der Waals surface area (Å²) in [7, 11) is 0. The van der Waals surface area contributed by atoms with E-state index in [1.807, 2.05) is 36.4 Å². The van der Waals surface area contributed by atoms with Crippen LogP contribution in [0.5, 0.6) is 0 Å². The predicted molar refractivity (Wildman–Crippen MR) is 71.8 cm³/mol. The van der Waals surface area contributed by atoms with Gasteiger partial charge in [-0.05, 0) is 11.5 Å². The lowest BCUT2D eigenvalue weighted by molar-refractivity contribution is 0.165. The number of hydrogen-bond donors (Lipinski definition) is 1. The van der Waals surface area contributed by atoms with Crippen molar-refractivity contribution >= 4 is 33.4 Å². The van der Waals surface area contributed by atoms with Gasteiger partial charge in [-0.15, -0.1) is 11.6 Å². The number of nitrogens with zero attached hydrogens (tertiary/aromatic N) is 3. The largest absolute Gasteiger partial charge is 0.390 e. The average molecular weight is 262 g/mol. The Kier molecular flexibility index (Phi) is 2.89. The first kappa shape index (κ1) is 11.4. The number of aromatic nitrogens is 3. The van der Waals surface area contributed by atoms with Gasteiger partial charge in [0.1, 0.15) is 11.0 Å². The van der Waals surface area contributed by atoms with Gasteiger partial charge in [-0.25, -0.2) is 0 Å². The van der Waals surface area contributed by atoms with Crippen molar-refractivity contribution in [3.05, 3.63) is 36.4 Å². The van der Waals surface area contributed by atoms with Gasteiger partial charge in [-0.1, -0.05) is 30.3 Å². The smallest absolute Gasteiger partial charge is 0.121 e. The maximum Gasteiger partial charge on any atom is 0.121 e. The van der Waals surface area contributed by atoms with E-state index in [1.54, 1.807) is 0 Å². The third kappa shape index (κ3) is 1.94. The molecular weight excluding hydrogens is 250 g/mol. The van der Waals surface area contributed by atoms with Crippen molar-refractivity contribution in [2.45, 2.75) is 12.6 Å². The monoisotopic (exact) mass is 261 g/mol. The van der Waals surface area contributed by atoms with Crippen LogP contribution in [0.15, 0.2) is 36.4 Å². The van der Waals surface area contributed by atoms with Crippen molar-refractivity contribution in [1.29, 1.82) is 0 Å². The molecule has 1 unspecified atom stereocenters. The molecule has 1 heterocycles. The number of fused-ring (bicyclic) bond motifs is 3. The van der Waals surface area contributed by atoms with Crippen LogP contribution in [-0.2, 0) is 6.54 Å². The van der Waals surface area contributed by atoms with Crippen LogP contribution in [0.25, 0.3) is 21.8 Å². The van der Waals surface area contributed by atoms with Crippen LogP contribution in [0.3, 0.4) is 0 Å². The zero-order valence-corrected chi connectivity index (χ0v) is 10.4. The molecule has 3 rings (SSSR count). The van der Waals surface area contributed by atoms with E-state index in [2.05, 4.69) is 10.2 Å². The summed E-state index contributed by atoms with van der Waals surface area (Å²) < 4.78 is 0. The van der Waals surface area contributed by atoms with Crippen LogP contribution in [-0.4, -0.2) is 32.1 Å².